The van der Waals surface area contributed by atoms with Crippen LogP contribution in [0, 0.1) is 35.5 Å². The van der Waals surface area contributed by atoms with Gasteiger partial charge in [-0.1, -0.05) is 71.1 Å². The zero-order valence-corrected chi connectivity index (χ0v) is 39.3. The van der Waals surface area contributed by atoms with Crippen LogP contribution in [0.5, 0.6) is 0 Å². The van der Waals surface area contributed by atoms with E-state index in [1.54, 1.807) is 34.0 Å². The average Bonchev–Trinajstić information content (AvgIpc) is 3.26. The Morgan fingerprint density at radius 2 is 1.56 bits per heavy atom. The number of aliphatic hydroxyl groups excluding tert-OH is 2. The molecule has 3 N–H and O–H groups in total. The van der Waals surface area contributed by atoms with E-state index in [4.69, 9.17) is 18.9 Å². The number of Topliss-reactive ketones (excluding diaryl/α,β-unsaturated/α-hetero) is 3. The van der Waals surface area contributed by atoms with E-state index in [0.29, 0.717) is 63.4 Å². The molecule has 0 aromatic carbocycles. The van der Waals surface area contributed by atoms with E-state index >= 15 is 0 Å². The van der Waals surface area contributed by atoms with Crippen LogP contribution in [-0.4, -0.2) is 119 Å². The maximum atomic E-state index is 14.3. The smallest absolute Gasteiger partial charge is 0.329 e. The van der Waals surface area contributed by atoms with E-state index in [9.17, 15) is 39.3 Å². The molecular formula is C50H77NO12. The van der Waals surface area contributed by atoms with Crippen LogP contribution in [0.25, 0.3) is 0 Å². The molecule has 1 unspecified atom stereocenters. The van der Waals surface area contributed by atoms with Crippen LogP contribution in [0.3, 0.4) is 0 Å². The van der Waals surface area contributed by atoms with Crippen molar-refractivity contribution in [3.8, 4) is 0 Å². The fourth-order valence-corrected chi connectivity index (χ4v) is 9.83. The topological polar surface area (TPSA) is 186 Å². The average molecular weight is 884 g/mol. The van der Waals surface area contributed by atoms with E-state index < -0.39 is 77.8 Å². The minimum atomic E-state index is -2.41. The van der Waals surface area contributed by atoms with Crippen molar-refractivity contribution in [3.05, 3.63) is 47.6 Å². The molecule has 63 heavy (non-hydrogen) atoms. The predicted octanol–water partition coefficient (Wildman–Crippen LogP) is 6.56. The van der Waals surface area contributed by atoms with Crippen molar-refractivity contribution < 1.29 is 58.2 Å². The van der Waals surface area contributed by atoms with Gasteiger partial charge in [0.15, 0.2) is 5.78 Å². The lowest BCUT2D eigenvalue weighted by atomic mass is 9.79. The van der Waals surface area contributed by atoms with Crippen molar-refractivity contribution >= 4 is 29.2 Å². The van der Waals surface area contributed by atoms with Gasteiger partial charge in [-0.25, -0.2) is 4.79 Å². The summed E-state index contributed by atoms with van der Waals surface area (Å²) in [5.41, 5.74) is 1.29. The summed E-state index contributed by atoms with van der Waals surface area (Å²) in [5, 5.41) is 33.4. The molecule has 4 rings (SSSR count). The fraction of sp³-hybridized carbons (Fsp3) is 0.740. The van der Waals surface area contributed by atoms with Crippen LogP contribution in [0.1, 0.15) is 132 Å². The van der Waals surface area contributed by atoms with Crippen LogP contribution in [0.15, 0.2) is 47.6 Å². The Bertz CT molecular complexity index is 1690. The molecule has 1 amide bonds. The Kier molecular flexibility index (Phi) is 20.1. The molecule has 0 aromatic heterocycles. The van der Waals surface area contributed by atoms with E-state index in [0.717, 1.165) is 18.4 Å². The van der Waals surface area contributed by atoms with E-state index in [1.165, 1.54) is 12.0 Å². The van der Waals surface area contributed by atoms with E-state index in [2.05, 4.69) is 0 Å². The Hall–Kier alpha value is -3.33. The molecule has 13 nitrogen and oxygen atoms in total. The van der Waals surface area contributed by atoms with Crippen molar-refractivity contribution in [1.82, 2.24) is 4.90 Å². The molecule has 2 bridgehead atoms. The van der Waals surface area contributed by atoms with Gasteiger partial charge in [-0.3, -0.25) is 19.2 Å². The molecule has 0 spiro atoms. The van der Waals surface area contributed by atoms with Gasteiger partial charge in [-0.15, -0.1) is 0 Å². The van der Waals surface area contributed by atoms with Crippen LogP contribution in [0.4, 0.5) is 0 Å². The molecule has 3 fully saturated rings. The summed E-state index contributed by atoms with van der Waals surface area (Å²) in [6.45, 7) is 12.8. The van der Waals surface area contributed by atoms with Gasteiger partial charge in [-0.2, -0.15) is 0 Å². The molecule has 354 valence electrons. The van der Waals surface area contributed by atoms with Crippen molar-refractivity contribution in [1.29, 1.82) is 0 Å². The Balaban J connectivity index is 1.69. The second-order valence-electron chi connectivity index (χ2n) is 19.2. The van der Waals surface area contributed by atoms with Gasteiger partial charge in [0.1, 0.15) is 30.1 Å². The van der Waals surface area contributed by atoms with Crippen molar-refractivity contribution in [3.63, 3.8) is 0 Å². The monoisotopic (exact) mass is 884 g/mol. The van der Waals surface area contributed by atoms with Gasteiger partial charge in [0.25, 0.3) is 11.7 Å². The highest BCUT2D eigenvalue weighted by molar-refractivity contribution is 6.39. The van der Waals surface area contributed by atoms with Crippen molar-refractivity contribution in [2.24, 2.45) is 35.5 Å². The zero-order valence-electron chi connectivity index (χ0n) is 39.3. The first kappa shape index (κ1) is 52.3. The van der Waals surface area contributed by atoms with Crippen LogP contribution in [-0.2, 0) is 42.9 Å². The van der Waals surface area contributed by atoms with Gasteiger partial charge in [0.2, 0.25) is 5.79 Å². The summed E-state index contributed by atoms with van der Waals surface area (Å²) >= 11 is 0. The third-order valence-corrected chi connectivity index (χ3v) is 14.1. The van der Waals surface area contributed by atoms with E-state index in [-0.39, 0.29) is 54.8 Å². The van der Waals surface area contributed by atoms with Gasteiger partial charge in [0, 0.05) is 51.4 Å². The number of hydrogen-bond acceptors (Lipinski definition) is 12. The minimum absolute atomic E-state index is 0.0273. The van der Waals surface area contributed by atoms with E-state index in [1.807, 2.05) is 58.1 Å². The number of allylic oxidation sites excluding steroid dienone is 6. The molecule has 3 heterocycles. The molecule has 13 heteroatoms. The lowest BCUT2D eigenvalue weighted by Gasteiger charge is -2.42. The number of rotatable bonds is 5. The number of hydrogen-bond donors (Lipinski definition) is 3. The number of nitrogens with zero attached hydrogens (tertiary/aromatic N) is 1. The Morgan fingerprint density at radius 3 is 2.22 bits per heavy atom. The van der Waals surface area contributed by atoms with Gasteiger partial charge < -0.3 is 39.2 Å². The summed E-state index contributed by atoms with van der Waals surface area (Å²) in [6.07, 6.45) is 13.2. The number of ether oxygens (including phenoxy) is 4. The minimum Gasteiger partial charge on any atom is -0.460 e. The number of piperidine rings is 1. The molecule has 12 atom stereocenters. The number of methoxy groups -OCH3 is 2. The van der Waals surface area contributed by atoms with Crippen LogP contribution in [0.2, 0.25) is 0 Å². The third kappa shape index (κ3) is 14.1. The first-order valence-corrected chi connectivity index (χ1v) is 23.4. The highest BCUT2D eigenvalue weighted by atomic mass is 16.6. The van der Waals surface area contributed by atoms with Crippen molar-refractivity contribution in [2.75, 3.05) is 20.8 Å². The third-order valence-electron chi connectivity index (χ3n) is 14.1. The highest BCUT2D eigenvalue weighted by Gasteiger charge is 2.53. The second kappa shape index (κ2) is 24.3. The lowest BCUT2D eigenvalue weighted by Crippen LogP contribution is -2.61. The fourth-order valence-electron chi connectivity index (χ4n) is 9.83. The molecule has 0 radical (unpaired) electrons. The lowest BCUT2D eigenvalue weighted by molar-refractivity contribution is -0.265. The summed E-state index contributed by atoms with van der Waals surface area (Å²) < 4.78 is 23.8. The van der Waals surface area contributed by atoms with Gasteiger partial charge >= 0.3 is 5.97 Å². The zero-order chi connectivity index (χ0) is 46.6. The largest absolute Gasteiger partial charge is 0.460 e. The molecule has 4 aliphatic rings. The SMILES string of the molecule is CO[C@H]1C[C@@H]2CC[C@@H](C)[C@@](O)(O2)C(=O)C(=O)N2CCCC[C@H]2C(=O)OC([C@H](C)CC2CCC(O)CC2)CC(=O)[C@H](C)/C=C(\C)[C@@H](O)[C@@H](OC)C(=O)[C@H](C)C[C@H](C)/C=C/C=C/C=C/1C. The van der Waals surface area contributed by atoms with Crippen molar-refractivity contribution in [2.45, 2.75) is 180 Å². The first-order valence-electron chi connectivity index (χ1n) is 23.4. The summed E-state index contributed by atoms with van der Waals surface area (Å²) in [4.78, 5) is 71.5. The first-order chi connectivity index (χ1) is 29.8. The maximum absolute atomic E-state index is 14.3. The molecule has 1 aliphatic carbocycles. The number of carbonyl (C=O) groups excluding carboxylic acids is 5. The molecule has 1 saturated carbocycles. The molecule has 0 aromatic rings. The van der Waals surface area contributed by atoms with Crippen LogP contribution >= 0.6 is 0 Å². The Labute approximate surface area is 375 Å². The van der Waals surface area contributed by atoms with Gasteiger partial charge in [-0.05, 0) is 113 Å². The number of amides is 1. The number of fused-ring (bicyclic) bond motifs is 3. The number of carbonyl (C=O) groups is 5. The number of aliphatic hydroxyl groups is 3. The number of ketones is 3. The summed E-state index contributed by atoms with van der Waals surface area (Å²) in [5.74, 6) is -7.60. The standard InChI is InChI=1S/C50H77NO12/c1-30-15-11-10-12-16-31(2)42(60-8)28-39-23-18-36(7)50(59,63-39)47(56)48(57)51-24-14-13-17-40(51)49(58)62-43(33(4)27-37-19-21-38(52)22-20-37)29-41(53)32(3)26-35(6)45(55)46(61-9)44(54)34(5)25-30/h10-12,15-16,26,30,32-34,36-40,42-43,45-46,52,55,59H,13-14,17-25,27-29H2,1-9H3/b12-10+,15-11+,31-16+,35-26+/t30-,32-,33-,34-,36-,37?,38?,39+,40+,42+,43?,45-,46+,50-/m1/s1. The molecule has 3 aliphatic heterocycles. The molecular weight excluding hydrogens is 807 g/mol. The number of cyclic esters (lactones) is 1. The highest BCUT2D eigenvalue weighted by Crippen LogP contribution is 2.37. The second-order valence-corrected chi connectivity index (χ2v) is 19.2. The molecule has 2 saturated heterocycles. The Morgan fingerprint density at radius 1 is 0.857 bits per heavy atom. The maximum Gasteiger partial charge on any atom is 0.329 e. The summed E-state index contributed by atoms with van der Waals surface area (Å²) in [7, 11) is 2.96. The number of esters is 1. The predicted molar refractivity (Wildman–Crippen MR) is 239 cm³/mol. The quantitative estimate of drug-likeness (QED) is 0.154. The van der Waals surface area contributed by atoms with Gasteiger partial charge in [0.05, 0.1) is 18.3 Å². The van der Waals surface area contributed by atoms with Crippen LogP contribution < -0.4 is 0 Å². The summed E-state index contributed by atoms with van der Waals surface area (Å²) in [6, 6.07) is -1.11. The normalized spacial score (nSPS) is 40.1.